The largest absolute Gasteiger partial charge is 0.492 e. The van der Waals surface area contributed by atoms with E-state index in [9.17, 15) is 0 Å². The van der Waals surface area contributed by atoms with Crippen LogP contribution in [0.1, 0.15) is 18.4 Å². The molecule has 0 unspecified atom stereocenters. The first-order chi connectivity index (χ1) is 7.77. The predicted molar refractivity (Wildman–Crippen MR) is 71.8 cm³/mol. The van der Waals surface area contributed by atoms with Gasteiger partial charge < -0.3 is 10.5 Å². The highest BCUT2D eigenvalue weighted by atomic mass is 79.9. The summed E-state index contributed by atoms with van der Waals surface area (Å²) in [4.78, 5) is 0. The highest BCUT2D eigenvalue weighted by Crippen LogP contribution is 2.26. The third kappa shape index (κ3) is 4.37. The number of nitrogens with two attached hydrogens (primary N) is 1. The number of allylic oxidation sites excluding steroid dienone is 1. The van der Waals surface area contributed by atoms with Crippen LogP contribution in [0.4, 0.5) is 0 Å². The fourth-order valence-corrected chi connectivity index (χ4v) is 1.93. The molecule has 88 valence electrons. The highest BCUT2D eigenvalue weighted by Gasteiger charge is 2.02. The maximum Gasteiger partial charge on any atom is 0.133 e. The minimum Gasteiger partial charge on any atom is -0.492 e. The second-order valence-electron chi connectivity index (χ2n) is 3.58. The van der Waals surface area contributed by atoms with Crippen molar-refractivity contribution in [2.24, 2.45) is 5.73 Å². The predicted octanol–water partition coefficient (Wildman–Crippen LogP) is 3.30. The average molecular weight is 284 g/mol. The third-order valence-electron chi connectivity index (χ3n) is 2.24. The summed E-state index contributed by atoms with van der Waals surface area (Å²) in [6, 6.07) is 6.11. The lowest BCUT2D eigenvalue weighted by atomic mass is 10.1. The van der Waals surface area contributed by atoms with Crippen LogP contribution in [0.5, 0.6) is 5.75 Å². The maximum atomic E-state index is 5.65. The molecule has 0 aromatic heterocycles. The van der Waals surface area contributed by atoms with Gasteiger partial charge in [0.2, 0.25) is 0 Å². The van der Waals surface area contributed by atoms with E-state index in [-0.39, 0.29) is 0 Å². The number of rotatable bonds is 7. The molecule has 0 saturated carbocycles. The Morgan fingerprint density at radius 1 is 1.44 bits per heavy atom. The van der Waals surface area contributed by atoms with Gasteiger partial charge in [0.15, 0.2) is 0 Å². The zero-order valence-corrected chi connectivity index (χ0v) is 11.0. The minimum atomic E-state index is 0.673. The number of hydrogen-bond donors (Lipinski definition) is 1. The molecule has 3 heteroatoms. The van der Waals surface area contributed by atoms with E-state index in [1.54, 1.807) is 0 Å². The lowest BCUT2D eigenvalue weighted by Gasteiger charge is -2.09. The molecule has 0 amide bonds. The van der Waals surface area contributed by atoms with Crippen LogP contribution in [0.3, 0.4) is 0 Å². The van der Waals surface area contributed by atoms with Crippen molar-refractivity contribution in [3.63, 3.8) is 0 Å². The number of halogens is 1. The Morgan fingerprint density at radius 2 is 2.25 bits per heavy atom. The van der Waals surface area contributed by atoms with Crippen molar-refractivity contribution >= 4 is 15.9 Å². The Kier molecular flexibility index (Phi) is 6.19. The SMILES string of the molecule is C=CCCCOc1ccc(CCN)cc1Br. The summed E-state index contributed by atoms with van der Waals surface area (Å²) in [6.45, 7) is 5.07. The summed E-state index contributed by atoms with van der Waals surface area (Å²) in [5.41, 5.74) is 6.74. The monoisotopic (exact) mass is 283 g/mol. The average Bonchev–Trinajstić information content (AvgIpc) is 2.27. The maximum absolute atomic E-state index is 5.65. The van der Waals surface area contributed by atoms with Gasteiger partial charge in [-0.3, -0.25) is 0 Å². The minimum absolute atomic E-state index is 0.673. The van der Waals surface area contributed by atoms with Gasteiger partial charge in [0, 0.05) is 0 Å². The second kappa shape index (κ2) is 7.47. The molecule has 0 bridgehead atoms. The van der Waals surface area contributed by atoms with Crippen molar-refractivity contribution in [2.45, 2.75) is 19.3 Å². The molecule has 0 fully saturated rings. The molecule has 0 heterocycles. The molecule has 1 aromatic rings. The molecular weight excluding hydrogens is 266 g/mol. The van der Waals surface area contributed by atoms with Crippen molar-refractivity contribution in [1.29, 1.82) is 0 Å². The molecule has 2 N–H and O–H groups in total. The number of hydrogen-bond acceptors (Lipinski definition) is 2. The van der Waals surface area contributed by atoms with Gasteiger partial charge in [-0.25, -0.2) is 0 Å². The van der Waals surface area contributed by atoms with Crippen molar-refractivity contribution in [1.82, 2.24) is 0 Å². The molecule has 2 nitrogen and oxygen atoms in total. The quantitative estimate of drug-likeness (QED) is 0.616. The van der Waals surface area contributed by atoms with Crippen molar-refractivity contribution in [3.05, 3.63) is 40.9 Å². The second-order valence-corrected chi connectivity index (χ2v) is 4.44. The molecule has 0 aliphatic rings. The van der Waals surface area contributed by atoms with E-state index in [0.717, 1.165) is 36.1 Å². The molecule has 0 spiro atoms. The van der Waals surface area contributed by atoms with E-state index >= 15 is 0 Å². The van der Waals surface area contributed by atoms with Gasteiger partial charge in [0.25, 0.3) is 0 Å². The van der Waals surface area contributed by atoms with E-state index in [2.05, 4.69) is 34.6 Å². The summed E-state index contributed by atoms with van der Waals surface area (Å²) < 4.78 is 6.64. The lowest BCUT2D eigenvalue weighted by Crippen LogP contribution is -2.03. The third-order valence-corrected chi connectivity index (χ3v) is 2.86. The summed E-state index contributed by atoms with van der Waals surface area (Å²) in [6.07, 6.45) is 4.79. The Bertz CT molecular complexity index is 339. The molecule has 0 aliphatic carbocycles. The van der Waals surface area contributed by atoms with Crippen LogP contribution in [0.2, 0.25) is 0 Å². The first-order valence-corrected chi connectivity index (χ1v) is 6.29. The van der Waals surface area contributed by atoms with Crippen LogP contribution in [-0.2, 0) is 6.42 Å². The van der Waals surface area contributed by atoms with Crippen molar-refractivity contribution < 1.29 is 4.74 Å². The summed E-state index contributed by atoms with van der Waals surface area (Å²) in [7, 11) is 0. The molecule has 0 atom stereocenters. The van der Waals surface area contributed by atoms with Crippen LogP contribution >= 0.6 is 15.9 Å². The molecule has 0 aliphatic heterocycles. The summed E-state index contributed by atoms with van der Waals surface area (Å²) >= 11 is 3.50. The zero-order valence-electron chi connectivity index (χ0n) is 9.42. The Morgan fingerprint density at radius 3 is 2.88 bits per heavy atom. The van der Waals surface area contributed by atoms with E-state index < -0.39 is 0 Å². The summed E-state index contributed by atoms with van der Waals surface area (Å²) in [5.74, 6) is 0.893. The van der Waals surface area contributed by atoms with Crippen LogP contribution < -0.4 is 10.5 Å². The molecule has 0 saturated heterocycles. The lowest BCUT2D eigenvalue weighted by molar-refractivity contribution is 0.310. The van der Waals surface area contributed by atoms with Gasteiger partial charge in [-0.1, -0.05) is 12.1 Å². The van der Waals surface area contributed by atoms with Crippen LogP contribution in [0.15, 0.2) is 35.3 Å². The molecule has 16 heavy (non-hydrogen) atoms. The van der Waals surface area contributed by atoms with Gasteiger partial charge in [-0.15, -0.1) is 6.58 Å². The van der Waals surface area contributed by atoms with Gasteiger partial charge >= 0.3 is 0 Å². The van der Waals surface area contributed by atoms with E-state index in [1.165, 1.54) is 5.56 Å². The fourth-order valence-electron chi connectivity index (χ4n) is 1.39. The van der Waals surface area contributed by atoms with Crippen LogP contribution in [0, 0.1) is 0 Å². The Balaban J connectivity index is 2.50. The van der Waals surface area contributed by atoms with Gasteiger partial charge in [0.1, 0.15) is 5.75 Å². The molecular formula is C13H18BrNO. The molecule has 1 rings (SSSR count). The number of benzene rings is 1. The number of ether oxygens (including phenoxy) is 1. The van der Waals surface area contributed by atoms with Gasteiger partial charge in [-0.05, 0) is 59.4 Å². The van der Waals surface area contributed by atoms with E-state index in [0.29, 0.717) is 6.54 Å². The van der Waals surface area contributed by atoms with E-state index in [4.69, 9.17) is 10.5 Å². The Labute approximate surface area is 106 Å². The first-order valence-electron chi connectivity index (χ1n) is 5.50. The first kappa shape index (κ1) is 13.3. The number of unbranched alkanes of at least 4 members (excludes halogenated alkanes) is 1. The normalized spacial score (nSPS) is 10.1. The fraction of sp³-hybridized carbons (Fsp3) is 0.385. The molecule has 1 aromatic carbocycles. The van der Waals surface area contributed by atoms with Gasteiger partial charge in [-0.2, -0.15) is 0 Å². The van der Waals surface area contributed by atoms with Crippen molar-refractivity contribution in [2.75, 3.05) is 13.2 Å². The zero-order chi connectivity index (χ0) is 11.8. The topological polar surface area (TPSA) is 35.2 Å². The molecule has 0 radical (unpaired) electrons. The summed E-state index contributed by atoms with van der Waals surface area (Å²) in [5, 5.41) is 0. The Hall–Kier alpha value is -0.800. The standard InChI is InChI=1S/C13H18BrNO/c1-2-3-4-9-16-13-6-5-11(7-8-15)10-12(13)14/h2,5-6,10H,1,3-4,7-9,15H2. The highest BCUT2D eigenvalue weighted by molar-refractivity contribution is 9.10. The smallest absolute Gasteiger partial charge is 0.133 e. The van der Waals surface area contributed by atoms with Crippen molar-refractivity contribution in [3.8, 4) is 5.75 Å². The van der Waals surface area contributed by atoms with E-state index in [1.807, 2.05) is 12.1 Å². The van der Waals surface area contributed by atoms with Gasteiger partial charge in [0.05, 0.1) is 11.1 Å². The van der Waals surface area contributed by atoms with Crippen LogP contribution in [0.25, 0.3) is 0 Å². The van der Waals surface area contributed by atoms with Crippen LogP contribution in [-0.4, -0.2) is 13.2 Å².